The fraction of sp³-hybridized carbons (Fsp3) is 0.111. The molecule has 4 nitrogen and oxygen atoms in total. The Hall–Kier alpha value is -1.04. The summed E-state index contributed by atoms with van der Waals surface area (Å²) >= 11 is 12.1. The van der Waals surface area contributed by atoms with Crippen molar-refractivity contribution >= 4 is 46.4 Å². The second kappa shape index (κ2) is 5.89. The molecule has 1 N–H and O–H groups in total. The zero-order valence-corrected chi connectivity index (χ0v) is 10.4. The molecule has 1 rings (SSSR count). The minimum atomic E-state index is -0.801. The molecule has 0 aromatic carbocycles. The number of carbonyl (C=O) groups excluding carboxylic acids is 2. The summed E-state index contributed by atoms with van der Waals surface area (Å²) in [6.45, 7) is 0. The van der Waals surface area contributed by atoms with Gasteiger partial charge in [-0.3, -0.25) is 4.79 Å². The maximum Gasteiger partial charge on any atom is 0.357 e. The molecule has 0 atom stereocenters. The average Bonchev–Trinajstić information content (AvgIpc) is 2.77. The summed E-state index contributed by atoms with van der Waals surface area (Å²) in [5.74, 6) is -1.26. The van der Waals surface area contributed by atoms with Gasteiger partial charge in [0.25, 0.3) is 5.91 Å². The minimum absolute atomic E-state index is 0.274. The third-order valence-electron chi connectivity index (χ3n) is 1.56. The Morgan fingerprint density at radius 1 is 1.44 bits per heavy atom. The van der Waals surface area contributed by atoms with Crippen LogP contribution in [0.1, 0.15) is 9.67 Å². The lowest BCUT2D eigenvalue weighted by molar-refractivity contribution is -0.136. The molecule has 16 heavy (non-hydrogen) atoms. The van der Waals surface area contributed by atoms with E-state index < -0.39 is 11.9 Å². The normalized spacial score (nSPS) is 9.44. The number of hydrogen-bond donors (Lipinski definition) is 1. The molecular formula is C9H7Cl2NO3S. The van der Waals surface area contributed by atoms with Gasteiger partial charge in [-0.15, -0.1) is 11.3 Å². The van der Waals surface area contributed by atoms with Gasteiger partial charge in [-0.25, -0.2) is 4.79 Å². The molecule has 0 aliphatic heterocycles. The number of amides is 1. The number of halogens is 2. The smallest absolute Gasteiger partial charge is 0.357 e. The molecule has 1 amide bonds. The number of esters is 1. The summed E-state index contributed by atoms with van der Waals surface area (Å²) in [6.07, 6.45) is 0. The molecule has 86 valence electrons. The first kappa shape index (κ1) is 13.0. The zero-order chi connectivity index (χ0) is 12.1. The van der Waals surface area contributed by atoms with E-state index in [9.17, 15) is 9.59 Å². The van der Waals surface area contributed by atoms with Gasteiger partial charge in [0, 0.05) is 0 Å². The molecule has 0 spiro atoms. The molecule has 0 bridgehead atoms. The van der Waals surface area contributed by atoms with Gasteiger partial charge in [0.2, 0.25) is 0 Å². The van der Waals surface area contributed by atoms with Crippen molar-refractivity contribution in [2.75, 3.05) is 7.11 Å². The maximum absolute atomic E-state index is 11.6. The van der Waals surface area contributed by atoms with Crippen molar-refractivity contribution in [2.45, 2.75) is 0 Å². The second-order valence-electron chi connectivity index (χ2n) is 2.56. The standard InChI is InChI=1S/C9H7Cl2NO3S/c1-15-9(14)6(7(10)11)12-8(13)5-3-2-4-16-5/h2-4H,1H3,(H,12,13). The summed E-state index contributed by atoms with van der Waals surface area (Å²) in [5.41, 5.74) is -0.274. The van der Waals surface area contributed by atoms with Crippen molar-refractivity contribution in [3.8, 4) is 0 Å². The SMILES string of the molecule is COC(=O)C(NC(=O)c1cccs1)=C(Cl)Cl. The first-order chi connectivity index (χ1) is 7.56. The number of nitrogens with one attached hydrogen (secondary N) is 1. The van der Waals surface area contributed by atoms with Crippen LogP contribution in [0.4, 0.5) is 0 Å². The van der Waals surface area contributed by atoms with Gasteiger partial charge in [0.1, 0.15) is 4.49 Å². The van der Waals surface area contributed by atoms with Crippen LogP contribution >= 0.6 is 34.5 Å². The molecule has 1 heterocycles. The molecule has 1 aromatic heterocycles. The quantitative estimate of drug-likeness (QED) is 0.682. The first-order valence-electron chi connectivity index (χ1n) is 4.04. The Kier molecular flexibility index (Phi) is 4.79. The average molecular weight is 280 g/mol. The highest BCUT2D eigenvalue weighted by Crippen LogP contribution is 2.15. The van der Waals surface area contributed by atoms with E-state index in [1.165, 1.54) is 11.3 Å². The van der Waals surface area contributed by atoms with E-state index in [0.717, 1.165) is 7.11 Å². The van der Waals surface area contributed by atoms with E-state index in [1.807, 2.05) is 0 Å². The highest BCUT2D eigenvalue weighted by atomic mass is 35.5. The van der Waals surface area contributed by atoms with Crippen molar-refractivity contribution in [2.24, 2.45) is 0 Å². The van der Waals surface area contributed by atoms with Crippen LogP contribution in [-0.2, 0) is 9.53 Å². The van der Waals surface area contributed by atoms with Crippen LogP contribution < -0.4 is 5.32 Å². The highest BCUT2D eigenvalue weighted by molar-refractivity contribution is 7.12. The summed E-state index contributed by atoms with van der Waals surface area (Å²) < 4.78 is 4.06. The van der Waals surface area contributed by atoms with Crippen molar-refractivity contribution in [3.05, 3.63) is 32.6 Å². The molecule has 0 fully saturated rings. The summed E-state index contributed by atoms with van der Waals surface area (Å²) in [5, 5.41) is 4.02. The summed E-state index contributed by atoms with van der Waals surface area (Å²) in [4.78, 5) is 23.2. The molecule has 0 unspecified atom stereocenters. The van der Waals surface area contributed by atoms with Gasteiger partial charge in [-0.05, 0) is 11.4 Å². The third-order valence-corrected chi connectivity index (χ3v) is 2.81. The second-order valence-corrected chi connectivity index (χ2v) is 4.46. The van der Waals surface area contributed by atoms with Gasteiger partial charge in [-0.1, -0.05) is 29.3 Å². The highest BCUT2D eigenvalue weighted by Gasteiger charge is 2.18. The Morgan fingerprint density at radius 2 is 2.12 bits per heavy atom. The molecule has 0 saturated carbocycles. The molecule has 0 saturated heterocycles. The van der Waals surface area contributed by atoms with Gasteiger partial charge >= 0.3 is 5.97 Å². The van der Waals surface area contributed by atoms with Crippen LogP contribution in [0.2, 0.25) is 0 Å². The van der Waals surface area contributed by atoms with Crippen LogP contribution in [0.15, 0.2) is 27.7 Å². The number of hydrogen-bond acceptors (Lipinski definition) is 4. The van der Waals surface area contributed by atoms with E-state index in [0.29, 0.717) is 4.88 Å². The van der Waals surface area contributed by atoms with Gasteiger partial charge < -0.3 is 10.1 Å². The topological polar surface area (TPSA) is 55.4 Å². The van der Waals surface area contributed by atoms with Crippen LogP contribution in [0.5, 0.6) is 0 Å². The van der Waals surface area contributed by atoms with E-state index in [-0.39, 0.29) is 10.2 Å². The summed E-state index contributed by atoms with van der Waals surface area (Å²) in [6, 6.07) is 3.32. The van der Waals surface area contributed by atoms with Gasteiger partial charge in [0.15, 0.2) is 5.70 Å². The predicted molar refractivity (Wildman–Crippen MR) is 62.5 cm³/mol. The van der Waals surface area contributed by atoms with Crippen LogP contribution in [-0.4, -0.2) is 19.0 Å². The lowest BCUT2D eigenvalue weighted by Gasteiger charge is -2.06. The van der Waals surface area contributed by atoms with Crippen molar-refractivity contribution < 1.29 is 14.3 Å². The lowest BCUT2D eigenvalue weighted by Crippen LogP contribution is -2.28. The Balaban J connectivity index is 2.83. The number of carbonyl (C=O) groups is 2. The number of rotatable bonds is 3. The predicted octanol–water partition coefficient (Wildman–Crippen LogP) is 2.30. The van der Waals surface area contributed by atoms with Crippen LogP contribution in [0.25, 0.3) is 0 Å². The lowest BCUT2D eigenvalue weighted by atomic mass is 10.4. The monoisotopic (exact) mass is 279 g/mol. The Labute approximate surface area is 106 Å². The van der Waals surface area contributed by atoms with Crippen molar-refractivity contribution in [3.63, 3.8) is 0 Å². The Morgan fingerprint density at radius 3 is 2.56 bits per heavy atom. The maximum atomic E-state index is 11.6. The molecule has 7 heteroatoms. The number of ether oxygens (including phenoxy) is 1. The van der Waals surface area contributed by atoms with Crippen LogP contribution in [0, 0.1) is 0 Å². The zero-order valence-electron chi connectivity index (χ0n) is 8.12. The molecule has 0 radical (unpaired) electrons. The Bertz CT molecular complexity index is 424. The van der Waals surface area contributed by atoms with E-state index in [2.05, 4.69) is 10.1 Å². The molecule has 1 aromatic rings. The van der Waals surface area contributed by atoms with E-state index >= 15 is 0 Å². The molecule has 0 aliphatic rings. The van der Waals surface area contributed by atoms with E-state index in [1.54, 1.807) is 17.5 Å². The van der Waals surface area contributed by atoms with Gasteiger partial charge in [0.05, 0.1) is 12.0 Å². The minimum Gasteiger partial charge on any atom is -0.464 e. The molecule has 0 aliphatic carbocycles. The first-order valence-corrected chi connectivity index (χ1v) is 5.68. The van der Waals surface area contributed by atoms with Gasteiger partial charge in [-0.2, -0.15) is 0 Å². The third kappa shape index (κ3) is 3.23. The number of methoxy groups -OCH3 is 1. The number of thiophene rings is 1. The summed E-state index contributed by atoms with van der Waals surface area (Å²) in [7, 11) is 1.16. The fourth-order valence-corrected chi connectivity index (χ4v) is 1.73. The fourth-order valence-electron chi connectivity index (χ4n) is 0.860. The van der Waals surface area contributed by atoms with Crippen LogP contribution in [0.3, 0.4) is 0 Å². The van der Waals surface area contributed by atoms with Crippen molar-refractivity contribution in [1.82, 2.24) is 5.32 Å². The van der Waals surface area contributed by atoms with Crippen molar-refractivity contribution in [1.29, 1.82) is 0 Å². The largest absolute Gasteiger partial charge is 0.464 e. The molecular weight excluding hydrogens is 273 g/mol. The van der Waals surface area contributed by atoms with E-state index in [4.69, 9.17) is 23.2 Å².